The number of nitrogens with zero attached hydrogens (tertiary/aromatic N) is 2. The van der Waals surface area contributed by atoms with Gasteiger partial charge in [-0.05, 0) is 42.5 Å². The van der Waals surface area contributed by atoms with Gasteiger partial charge in [0.1, 0.15) is 18.1 Å². The number of methoxy groups -OCH3 is 1. The van der Waals surface area contributed by atoms with Gasteiger partial charge in [-0.25, -0.2) is 4.98 Å². The number of hydrogen-bond donors (Lipinski definition) is 1. The molecule has 0 spiro atoms. The van der Waals surface area contributed by atoms with E-state index in [1.54, 1.807) is 30.3 Å². The number of nitrogens with one attached hydrogen (secondary N) is 1. The second-order valence-corrected chi connectivity index (χ2v) is 8.55. The highest BCUT2D eigenvalue weighted by Gasteiger charge is 2.17. The van der Waals surface area contributed by atoms with Crippen molar-refractivity contribution in [1.29, 1.82) is 0 Å². The van der Waals surface area contributed by atoms with Gasteiger partial charge in [-0.15, -0.1) is 0 Å². The molecule has 0 fully saturated rings. The summed E-state index contributed by atoms with van der Waals surface area (Å²) in [5.74, 6) is 1.13. The molecule has 7 nitrogen and oxygen atoms in total. The van der Waals surface area contributed by atoms with E-state index < -0.39 is 0 Å². The van der Waals surface area contributed by atoms with Crippen LogP contribution in [0.4, 0.5) is 0 Å². The van der Waals surface area contributed by atoms with E-state index >= 15 is 0 Å². The lowest BCUT2D eigenvalue weighted by Gasteiger charge is -2.15. The van der Waals surface area contributed by atoms with Gasteiger partial charge >= 0.3 is 0 Å². The maximum Gasteiger partial charge on any atom is 0.266 e. The van der Waals surface area contributed by atoms with Crippen molar-refractivity contribution in [2.75, 3.05) is 26.0 Å². The summed E-state index contributed by atoms with van der Waals surface area (Å²) >= 11 is 7.28. The molecule has 0 bridgehead atoms. The summed E-state index contributed by atoms with van der Waals surface area (Å²) in [6.45, 7) is 0.702. The molecule has 0 unspecified atom stereocenters. The predicted molar refractivity (Wildman–Crippen MR) is 135 cm³/mol. The van der Waals surface area contributed by atoms with Gasteiger partial charge in [-0.2, -0.15) is 0 Å². The zero-order valence-corrected chi connectivity index (χ0v) is 19.9. The van der Waals surface area contributed by atoms with E-state index in [2.05, 4.69) is 10.3 Å². The van der Waals surface area contributed by atoms with Gasteiger partial charge < -0.3 is 14.8 Å². The molecule has 0 aliphatic rings. The number of ether oxygens (including phenoxy) is 2. The van der Waals surface area contributed by atoms with Crippen molar-refractivity contribution in [3.05, 3.63) is 88.2 Å². The molecule has 1 amide bonds. The van der Waals surface area contributed by atoms with E-state index in [9.17, 15) is 9.59 Å². The Kier molecular flexibility index (Phi) is 7.72. The van der Waals surface area contributed by atoms with Crippen LogP contribution in [0.25, 0.3) is 16.6 Å². The lowest BCUT2D eigenvalue weighted by atomic mass is 10.2. The fourth-order valence-corrected chi connectivity index (χ4v) is 4.32. The van der Waals surface area contributed by atoms with Crippen LogP contribution in [0.1, 0.15) is 0 Å². The second-order valence-electron chi connectivity index (χ2n) is 7.17. The predicted octanol–water partition coefficient (Wildman–Crippen LogP) is 4.34. The van der Waals surface area contributed by atoms with Crippen LogP contribution in [0.3, 0.4) is 0 Å². The van der Waals surface area contributed by atoms with Crippen molar-refractivity contribution < 1.29 is 14.3 Å². The van der Waals surface area contributed by atoms with E-state index in [1.807, 2.05) is 42.5 Å². The normalized spacial score (nSPS) is 10.8. The van der Waals surface area contributed by atoms with Gasteiger partial charge in [0.15, 0.2) is 5.16 Å². The maximum absolute atomic E-state index is 13.4. The third-order valence-corrected chi connectivity index (χ3v) is 6.07. The summed E-state index contributed by atoms with van der Waals surface area (Å²) in [5, 5.41) is 4.07. The first-order valence-electron chi connectivity index (χ1n) is 10.5. The molecule has 0 saturated heterocycles. The molecule has 0 saturated carbocycles. The van der Waals surface area contributed by atoms with Crippen molar-refractivity contribution in [3.63, 3.8) is 0 Å². The van der Waals surface area contributed by atoms with Crippen molar-refractivity contribution in [2.45, 2.75) is 5.16 Å². The van der Waals surface area contributed by atoms with Crippen LogP contribution in [-0.2, 0) is 4.79 Å². The number of carbonyl (C=O) groups is 1. The number of thioether (sulfide) groups is 1. The van der Waals surface area contributed by atoms with Crippen LogP contribution in [0, 0.1) is 0 Å². The highest BCUT2D eigenvalue weighted by molar-refractivity contribution is 7.99. The fraction of sp³-hybridized carbons (Fsp3) is 0.160. The van der Waals surface area contributed by atoms with E-state index in [0.29, 0.717) is 45.7 Å². The van der Waals surface area contributed by atoms with E-state index in [0.717, 1.165) is 17.5 Å². The van der Waals surface area contributed by atoms with E-state index in [1.165, 1.54) is 11.7 Å². The Hall–Kier alpha value is -3.49. The molecule has 0 radical (unpaired) electrons. The SMILES string of the molecule is COc1ccccc1-n1c(SCC(=O)NCCOc2ccccc2)nc2cc(Cl)ccc2c1=O. The number of hydrogen-bond acceptors (Lipinski definition) is 6. The number of amides is 1. The summed E-state index contributed by atoms with van der Waals surface area (Å²) in [6, 6.07) is 21.5. The van der Waals surface area contributed by atoms with E-state index in [4.69, 9.17) is 21.1 Å². The Morgan fingerprint density at radius 2 is 1.85 bits per heavy atom. The second kappa shape index (κ2) is 11.1. The number of carbonyl (C=O) groups excluding carboxylic acids is 1. The molecule has 0 atom stereocenters. The van der Waals surface area contributed by atoms with Gasteiger partial charge in [0.05, 0.1) is 36.0 Å². The Morgan fingerprint density at radius 1 is 1.09 bits per heavy atom. The molecule has 174 valence electrons. The topological polar surface area (TPSA) is 82.4 Å². The van der Waals surface area contributed by atoms with Crippen LogP contribution in [-0.4, -0.2) is 41.5 Å². The third kappa shape index (κ3) is 5.52. The molecule has 4 rings (SSSR count). The van der Waals surface area contributed by atoms with Crippen molar-refractivity contribution in [1.82, 2.24) is 14.9 Å². The zero-order valence-electron chi connectivity index (χ0n) is 18.4. The van der Waals surface area contributed by atoms with Crippen LogP contribution in [0.5, 0.6) is 11.5 Å². The number of para-hydroxylation sites is 3. The lowest BCUT2D eigenvalue weighted by Crippen LogP contribution is -2.30. The average Bonchev–Trinajstić information content (AvgIpc) is 2.86. The van der Waals surface area contributed by atoms with Crippen LogP contribution >= 0.6 is 23.4 Å². The van der Waals surface area contributed by atoms with Gasteiger partial charge in [-0.1, -0.05) is 53.7 Å². The Morgan fingerprint density at radius 3 is 2.65 bits per heavy atom. The van der Waals surface area contributed by atoms with Crippen molar-refractivity contribution in [3.8, 4) is 17.2 Å². The number of aromatic nitrogens is 2. The molecule has 0 aliphatic carbocycles. The zero-order chi connectivity index (χ0) is 23.9. The first-order valence-corrected chi connectivity index (χ1v) is 11.9. The summed E-state index contributed by atoms with van der Waals surface area (Å²) in [6.07, 6.45) is 0. The Balaban J connectivity index is 1.53. The molecule has 1 N–H and O–H groups in total. The fourth-order valence-electron chi connectivity index (χ4n) is 3.32. The molecule has 4 aromatic rings. The largest absolute Gasteiger partial charge is 0.495 e. The smallest absolute Gasteiger partial charge is 0.266 e. The third-order valence-electron chi connectivity index (χ3n) is 4.90. The quantitative estimate of drug-likeness (QED) is 0.211. The molecule has 9 heteroatoms. The van der Waals surface area contributed by atoms with Gasteiger partial charge in [0.2, 0.25) is 5.91 Å². The molecule has 34 heavy (non-hydrogen) atoms. The summed E-state index contributed by atoms with van der Waals surface area (Å²) < 4.78 is 12.5. The molecular formula is C25H22ClN3O4S. The van der Waals surface area contributed by atoms with E-state index in [-0.39, 0.29) is 17.2 Å². The van der Waals surface area contributed by atoms with Crippen molar-refractivity contribution in [2.24, 2.45) is 0 Å². The molecule has 1 aromatic heterocycles. The first-order chi connectivity index (χ1) is 16.6. The summed E-state index contributed by atoms with van der Waals surface area (Å²) in [5.41, 5.74) is 0.728. The Bertz CT molecular complexity index is 1360. The highest BCUT2D eigenvalue weighted by atomic mass is 35.5. The minimum absolute atomic E-state index is 0.0685. The number of rotatable bonds is 9. The van der Waals surface area contributed by atoms with Gasteiger partial charge in [0, 0.05) is 5.02 Å². The van der Waals surface area contributed by atoms with Crippen LogP contribution in [0.15, 0.2) is 82.7 Å². The minimum Gasteiger partial charge on any atom is -0.495 e. The number of halogens is 1. The van der Waals surface area contributed by atoms with Gasteiger partial charge in [-0.3, -0.25) is 14.2 Å². The minimum atomic E-state index is -0.273. The van der Waals surface area contributed by atoms with Crippen LogP contribution < -0.4 is 20.3 Å². The molecular weight excluding hydrogens is 474 g/mol. The average molecular weight is 496 g/mol. The molecule has 0 aliphatic heterocycles. The van der Waals surface area contributed by atoms with Crippen LogP contribution in [0.2, 0.25) is 5.02 Å². The molecule has 3 aromatic carbocycles. The van der Waals surface area contributed by atoms with Crippen molar-refractivity contribution >= 4 is 40.2 Å². The number of benzene rings is 3. The monoisotopic (exact) mass is 495 g/mol. The number of fused-ring (bicyclic) bond motifs is 1. The standard InChI is InChI=1S/C25H22ClN3O4S/c1-32-22-10-6-5-9-21(22)29-24(31)19-12-11-17(26)15-20(19)28-25(29)34-16-23(30)27-13-14-33-18-7-3-2-4-8-18/h2-12,15H,13-14,16H2,1H3,(H,27,30). The Labute approximate surface area is 205 Å². The maximum atomic E-state index is 13.4. The highest BCUT2D eigenvalue weighted by Crippen LogP contribution is 2.27. The summed E-state index contributed by atoms with van der Waals surface area (Å²) in [7, 11) is 1.54. The molecule has 1 heterocycles. The summed E-state index contributed by atoms with van der Waals surface area (Å²) in [4.78, 5) is 30.5. The lowest BCUT2D eigenvalue weighted by molar-refractivity contribution is -0.118. The van der Waals surface area contributed by atoms with Gasteiger partial charge in [0.25, 0.3) is 5.56 Å². The first kappa shape index (κ1) is 23.7.